The number of hydrogen-bond donors (Lipinski definition) is 1. The van der Waals surface area contributed by atoms with Gasteiger partial charge < -0.3 is 9.47 Å². The first-order valence-electron chi connectivity index (χ1n) is 8.18. The number of hydrogen-bond acceptors (Lipinski definition) is 4. The van der Waals surface area contributed by atoms with Gasteiger partial charge in [-0.25, -0.2) is 13.9 Å². The molecule has 1 N–H and O–H groups in total. The average Bonchev–Trinajstić information content (AvgIpc) is 3.04. The van der Waals surface area contributed by atoms with E-state index in [4.69, 9.17) is 0 Å². The van der Waals surface area contributed by atoms with Crippen molar-refractivity contribution in [3.05, 3.63) is 66.2 Å². The van der Waals surface area contributed by atoms with Gasteiger partial charge in [0.25, 0.3) is 0 Å². The highest BCUT2D eigenvalue weighted by Gasteiger charge is 2.40. The Kier molecular flexibility index (Phi) is 5.77. The van der Waals surface area contributed by atoms with Gasteiger partial charge in [0.15, 0.2) is 11.4 Å². The number of amides is 1. The Morgan fingerprint density at radius 1 is 1.00 bits per heavy atom. The molecule has 0 spiro atoms. The summed E-state index contributed by atoms with van der Waals surface area (Å²) in [4.78, 5) is 11.9. The van der Waals surface area contributed by atoms with Gasteiger partial charge >= 0.3 is 18.6 Å². The molecule has 0 bridgehead atoms. The van der Waals surface area contributed by atoms with Gasteiger partial charge in [0.2, 0.25) is 0 Å². The summed E-state index contributed by atoms with van der Waals surface area (Å²) in [7, 11) is 0. The Morgan fingerprint density at radius 2 is 1.68 bits per heavy atom. The lowest BCUT2D eigenvalue weighted by atomic mass is 10.3. The highest BCUT2D eigenvalue weighted by atomic mass is 19.4. The first-order valence-corrected chi connectivity index (χ1v) is 8.18. The summed E-state index contributed by atoms with van der Waals surface area (Å²) < 4.78 is 99.2. The Labute approximate surface area is 168 Å². The maximum Gasteiger partial charge on any atom is 0.573 e. The Morgan fingerprint density at radius 3 is 2.26 bits per heavy atom. The number of anilines is 1. The summed E-state index contributed by atoms with van der Waals surface area (Å²) in [6.07, 6.45) is -10.8. The number of halogens is 7. The first-order chi connectivity index (χ1) is 14.4. The third-order valence-electron chi connectivity index (χ3n) is 3.59. The van der Waals surface area contributed by atoms with Gasteiger partial charge in [-0.2, -0.15) is 18.3 Å². The van der Waals surface area contributed by atoms with Crippen LogP contribution in [0.4, 0.5) is 41.2 Å². The van der Waals surface area contributed by atoms with Crippen LogP contribution >= 0.6 is 0 Å². The molecule has 0 saturated carbocycles. The smallest absolute Gasteiger partial charge is 0.406 e. The zero-order valence-electron chi connectivity index (χ0n) is 15.0. The van der Waals surface area contributed by atoms with Crippen LogP contribution in [0.25, 0.3) is 5.69 Å². The molecule has 164 valence electrons. The molecule has 0 aliphatic carbocycles. The topological polar surface area (TPSA) is 65.4 Å². The molecule has 0 atom stereocenters. The number of ether oxygens (including phenoxy) is 2. The summed E-state index contributed by atoms with van der Waals surface area (Å²) in [5.74, 6) is -2.32. The number of nitrogens with zero attached hydrogens (tertiary/aromatic N) is 2. The van der Waals surface area contributed by atoms with E-state index < -0.39 is 41.6 Å². The molecule has 6 nitrogen and oxygen atoms in total. The van der Waals surface area contributed by atoms with Gasteiger partial charge in [0.1, 0.15) is 11.6 Å². The third-order valence-corrected chi connectivity index (χ3v) is 3.59. The van der Waals surface area contributed by atoms with E-state index >= 15 is 0 Å². The van der Waals surface area contributed by atoms with E-state index in [0.717, 1.165) is 36.4 Å². The zero-order chi connectivity index (χ0) is 22.8. The summed E-state index contributed by atoms with van der Waals surface area (Å²) in [6, 6.07) is 7.94. The predicted octanol–water partition coefficient (Wildman–Crippen LogP) is 5.54. The lowest BCUT2D eigenvalue weighted by Crippen LogP contribution is -2.20. The second-order valence-corrected chi connectivity index (χ2v) is 5.83. The highest BCUT2D eigenvalue weighted by molar-refractivity contribution is 5.86. The number of alkyl halides is 6. The van der Waals surface area contributed by atoms with E-state index in [9.17, 15) is 35.5 Å². The van der Waals surface area contributed by atoms with Crippen molar-refractivity contribution < 1.29 is 45.0 Å². The molecule has 0 aliphatic rings. The van der Waals surface area contributed by atoms with Gasteiger partial charge in [0, 0.05) is 5.69 Å². The van der Waals surface area contributed by atoms with Crippen LogP contribution in [0.1, 0.15) is 5.69 Å². The van der Waals surface area contributed by atoms with Crippen molar-refractivity contribution in [1.29, 1.82) is 0 Å². The lowest BCUT2D eigenvalue weighted by Gasteiger charge is -2.13. The molecule has 0 radical (unpaired) electrons. The van der Waals surface area contributed by atoms with Gasteiger partial charge in [0.05, 0.1) is 11.9 Å². The molecule has 1 heterocycles. The fraction of sp³-hybridized carbons (Fsp3) is 0.111. The monoisotopic (exact) mass is 449 g/mol. The molecule has 3 rings (SSSR count). The first kappa shape index (κ1) is 21.9. The second-order valence-electron chi connectivity index (χ2n) is 5.83. The van der Waals surface area contributed by atoms with Crippen LogP contribution in [0.3, 0.4) is 0 Å². The molecule has 1 aromatic heterocycles. The second kappa shape index (κ2) is 8.16. The average molecular weight is 449 g/mol. The minimum Gasteiger partial charge on any atom is -0.406 e. The molecule has 0 aliphatic heterocycles. The molecule has 1 amide bonds. The van der Waals surface area contributed by atoms with Crippen molar-refractivity contribution in [2.45, 2.75) is 12.5 Å². The van der Waals surface area contributed by atoms with Crippen molar-refractivity contribution in [3.63, 3.8) is 0 Å². The van der Waals surface area contributed by atoms with Crippen molar-refractivity contribution in [2.75, 3.05) is 5.32 Å². The van der Waals surface area contributed by atoms with E-state index in [1.165, 1.54) is 12.1 Å². The minimum atomic E-state index is -5.05. The normalized spacial score (nSPS) is 11.8. The van der Waals surface area contributed by atoms with Crippen LogP contribution < -0.4 is 14.8 Å². The highest BCUT2D eigenvalue weighted by Crippen LogP contribution is 2.38. The van der Waals surface area contributed by atoms with Crippen LogP contribution in [0, 0.1) is 5.82 Å². The Balaban J connectivity index is 1.86. The number of carbonyl (C=O) groups excluding carboxylic acids is 1. The van der Waals surface area contributed by atoms with Gasteiger partial charge in [-0.3, -0.25) is 5.32 Å². The summed E-state index contributed by atoms with van der Waals surface area (Å²) in [6.45, 7) is 0. The lowest BCUT2D eigenvalue weighted by molar-refractivity contribution is -0.274. The zero-order valence-corrected chi connectivity index (χ0v) is 15.0. The van der Waals surface area contributed by atoms with Crippen molar-refractivity contribution in [1.82, 2.24) is 9.78 Å². The number of carbonyl (C=O) groups is 1. The number of aromatic nitrogens is 2. The Bertz CT molecular complexity index is 1080. The molecule has 0 unspecified atom stereocenters. The van der Waals surface area contributed by atoms with Crippen molar-refractivity contribution in [2.24, 2.45) is 0 Å². The summed E-state index contributed by atoms with van der Waals surface area (Å²) in [5, 5.41) is 5.56. The summed E-state index contributed by atoms with van der Waals surface area (Å²) in [5.41, 5.74) is -1.83. The molecular weight excluding hydrogens is 439 g/mol. The van der Waals surface area contributed by atoms with E-state index in [0.29, 0.717) is 10.9 Å². The summed E-state index contributed by atoms with van der Waals surface area (Å²) >= 11 is 0. The molecule has 2 aromatic carbocycles. The SMILES string of the molecule is O=C(Nc1cccc(F)c1)Oc1cnn(-c2ccc(OC(F)(F)F)cc2)c1C(F)(F)F. The largest absolute Gasteiger partial charge is 0.573 e. The number of rotatable bonds is 4. The Hall–Kier alpha value is -3.77. The standard InChI is InChI=1S/C18H10F7N3O3/c19-10-2-1-3-11(8-10)27-16(29)30-14-9-26-28(15(14)17(20,21)22)12-4-6-13(7-5-12)31-18(23,24)25/h1-9H,(H,27,29). The molecular formula is C18H10F7N3O3. The molecule has 0 fully saturated rings. The molecule has 13 heteroatoms. The molecule has 3 aromatic rings. The third kappa shape index (κ3) is 5.65. The van der Waals surface area contributed by atoms with Crippen LogP contribution in [0.15, 0.2) is 54.7 Å². The van der Waals surface area contributed by atoms with E-state index in [1.54, 1.807) is 0 Å². The van der Waals surface area contributed by atoms with Crippen LogP contribution in [0.2, 0.25) is 0 Å². The quantitative estimate of drug-likeness (QED) is 0.532. The van der Waals surface area contributed by atoms with Crippen LogP contribution in [-0.4, -0.2) is 22.2 Å². The van der Waals surface area contributed by atoms with Gasteiger partial charge in [-0.15, -0.1) is 13.2 Å². The van der Waals surface area contributed by atoms with Gasteiger partial charge in [-0.1, -0.05) is 6.07 Å². The van der Waals surface area contributed by atoms with E-state index in [1.807, 2.05) is 0 Å². The van der Waals surface area contributed by atoms with Gasteiger partial charge in [-0.05, 0) is 42.5 Å². The van der Waals surface area contributed by atoms with Crippen LogP contribution in [0.5, 0.6) is 11.5 Å². The minimum absolute atomic E-state index is 0.0637. The number of nitrogens with one attached hydrogen (secondary N) is 1. The van der Waals surface area contributed by atoms with Crippen LogP contribution in [-0.2, 0) is 6.18 Å². The maximum absolute atomic E-state index is 13.6. The molecule has 31 heavy (non-hydrogen) atoms. The number of benzene rings is 2. The predicted molar refractivity (Wildman–Crippen MR) is 91.3 cm³/mol. The fourth-order valence-electron chi connectivity index (χ4n) is 2.46. The van der Waals surface area contributed by atoms with E-state index in [-0.39, 0.29) is 11.4 Å². The van der Waals surface area contributed by atoms with Crippen molar-refractivity contribution >= 4 is 11.8 Å². The van der Waals surface area contributed by atoms with E-state index in [2.05, 4.69) is 19.9 Å². The fourth-order valence-corrected chi connectivity index (χ4v) is 2.46. The molecule has 0 saturated heterocycles. The van der Waals surface area contributed by atoms with Crippen molar-refractivity contribution in [3.8, 4) is 17.2 Å². The maximum atomic E-state index is 13.6.